The lowest BCUT2D eigenvalue weighted by Crippen LogP contribution is -2.45. The Morgan fingerprint density at radius 3 is 2.67 bits per heavy atom. The largest absolute Gasteiger partial charge is 0.346 e. The number of nitrogens with one attached hydrogen (secondary N) is 2. The second-order valence-corrected chi connectivity index (χ2v) is 4.60. The van der Waals surface area contributed by atoms with Gasteiger partial charge in [-0.3, -0.25) is 4.79 Å². The molecule has 1 aromatic carbocycles. The Hall–Kier alpha value is -1.49. The molecular formula is C13H16F2N2O. The molecule has 0 spiro atoms. The van der Waals surface area contributed by atoms with Gasteiger partial charge in [0.15, 0.2) is 0 Å². The number of rotatable bonds is 3. The molecule has 2 atom stereocenters. The molecule has 1 aliphatic heterocycles. The van der Waals surface area contributed by atoms with Crippen LogP contribution in [0.15, 0.2) is 30.3 Å². The number of carbonyl (C=O) groups is 1. The monoisotopic (exact) mass is 254 g/mol. The van der Waals surface area contributed by atoms with Crippen molar-refractivity contribution in [3.05, 3.63) is 35.9 Å². The van der Waals surface area contributed by atoms with Gasteiger partial charge in [-0.25, -0.2) is 0 Å². The Kier molecular flexibility index (Phi) is 3.61. The molecule has 1 aromatic rings. The van der Waals surface area contributed by atoms with Crippen molar-refractivity contribution in [2.45, 2.75) is 31.4 Å². The van der Waals surface area contributed by atoms with Gasteiger partial charge >= 0.3 is 5.92 Å². The lowest BCUT2D eigenvalue weighted by molar-refractivity contribution is -0.143. The van der Waals surface area contributed by atoms with Crippen LogP contribution in [0, 0.1) is 0 Å². The van der Waals surface area contributed by atoms with E-state index in [1.807, 2.05) is 30.3 Å². The smallest absolute Gasteiger partial charge is 0.321 e. The number of carbonyl (C=O) groups excluding carboxylic acids is 1. The van der Waals surface area contributed by atoms with E-state index in [-0.39, 0.29) is 12.1 Å². The zero-order valence-electron chi connectivity index (χ0n) is 10.1. The number of alkyl halides is 2. The Morgan fingerprint density at radius 1 is 1.39 bits per heavy atom. The second-order valence-electron chi connectivity index (χ2n) is 4.60. The fourth-order valence-corrected chi connectivity index (χ4v) is 2.16. The Bertz CT molecular complexity index is 417. The molecule has 18 heavy (non-hydrogen) atoms. The summed E-state index contributed by atoms with van der Waals surface area (Å²) in [6.45, 7) is 1.32. The van der Waals surface area contributed by atoms with Crippen molar-refractivity contribution in [1.82, 2.24) is 10.6 Å². The fraction of sp³-hybridized carbons (Fsp3) is 0.462. The Morgan fingerprint density at radius 2 is 2.06 bits per heavy atom. The number of benzene rings is 1. The van der Waals surface area contributed by atoms with Crippen LogP contribution in [0.5, 0.6) is 0 Å². The van der Waals surface area contributed by atoms with Gasteiger partial charge in [-0.05, 0) is 18.5 Å². The van der Waals surface area contributed by atoms with Crippen LogP contribution in [0.25, 0.3) is 0 Å². The standard InChI is InChI=1S/C13H16F2N2O/c1-13(14,15)12(18)17-10-7-8-16-11(10)9-5-3-2-4-6-9/h2-6,10-11,16H,7-8H2,1H3,(H,17,18)/t10-,11+/m0/s1. The number of hydrogen-bond acceptors (Lipinski definition) is 2. The van der Waals surface area contributed by atoms with E-state index in [0.717, 1.165) is 5.56 Å². The molecule has 1 fully saturated rings. The van der Waals surface area contributed by atoms with Crippen LogP contribution in [0.3, 0.4) is 0 Å². The van der Waals surface area contributed by atoms with Gasteiger partial charge in [0.05, 0.1) is 6.04 Å². The average molecular weight is 254 g/mol. The molecule has 0 aromatic heterocycles. The van der Waals surface area contributed by atoms with E-state index in [1.54, 1.807) is 0 Å². The van der Waals surface area contributed by atoms with E-state index in [9.17, 15) is 13.6 Å². The van der Waals surface area contributed by atoms with Crippen LogP contribution in [0.1, 0.15) is 24.9 Å². The maximum Gasteiger partial charge on any atom is 0.321 e. The van der Waals surface area contributed by atoms with Crippen LogP contribution in [0.2, 0.25) is 0 Å². The summed E-state index contributed by atoms with van der Waals surface area (Å²) in [4.78, 5) is 11.3. The average Bonchev–Trinajstić information content (AvgIpc) is 2.77. The third kappa shape index (κ3) is 2.85. The normalized spacial score (nSPS) is 23.9. The summed E-state index contributed by atoms with van der Waals surface area (Å²) in [6, 6.07) is 9.14. The highest BCUT2D eigenvalue weighted by molar-refractivity contribution is 5.83. The van der Waals surface area contributed by atoms with Crippen LogP contribution in [0.4, 0.5) is 8.78 Å². The van der Waals surface area contributed by atoms with E-state index >= 15 is 0 Å². The second kappa shape index (κ2) is 5.02. The summed E-state index contributed by atoms with van der Waals surface area (Å²) in [5.41, 5.74) is 1.000. The van der Waals surface area contributed by atoms with Gasteiger partial charge in [-0.1, -0.05) is 30.3 Å². The lowest BCUT2D eigenvalue weighted by Gasteiger charge is -2.22. The molecule has 3 nitrogen and oxygen atoms in total. The van der Waals surface area contributed by atoms with Gasteiger partial charge < -0.3 is 10.6 Å². The molecule has 1 heterocycles. The first-order valence-corrected chi connectivity index (χ1v) is 5.95. The Balaban J connectivity index is 2.07. The SMILES string of the molecule is CC(F)(F)C(=O)N[C@H]1CCN[C@@H]1c1ccccc1. The van der Waals surface area contributed by atoms with Crippen molar-refractivity contribution in [2.75, 3.05) is 6.54 Å². The van der Waals surface area contributed by atoms with Crippen LogP contribution >= 0.6 is 0 Å². The third-order valence-electron chi connectivity index (χ3n) is 3.10. The molecule has 2 rings (SSSR count). The highest BCUT2D eigenvalue weighted by Crippen LogP contribution is 2.24. The van der Waals surface area contributed by atoms with Crippen LogP contribution < -0.4 is 10.6 Å². The van der Waals surface area contributed by atoms with Gasteiger partial charge in [0.25, 0.3) is 5.91 Å². The zero-order valence-corrected chi connectivity index (χ0v) is 10.1. The molecular weight excluding hydrogens is 238 g/mol. The quantitative estimate of drug-likeness (QED) is 0.864. The molecule has 98 valence electrons. The number of halogens is 2. The summed E-state index contributed by atoms with van der Waals surface area (Å²) >= 11 is 0. The van der Waals surface area contributed by atoms with Gasteiger partial charge in [-0.15, -0.1) is 0 Å². The van der Waals surface area contributed by atoms with Crippen LogP contribution in [-0.4, -0.2) is 24.4 Å². The molecule has 0 radical (unpaired) electrons. The molecule has 0 bridgehead atoms. The van der Waals surface area contributed by atoms with Gasteiger partial charge in [0.2, 0.25) is 0 Å². The summed E-state index contributed by atoms with van der Waals surface area (Å²) in [7, 11) is 0. The number of hydrogen-bond donors (Lipinski definition) is 2. The van der Waals surface area contributed by atoms with Gasteiger partial charge in [0, 0.05) is 13.0 Å². The minimum absolute atomic E-state index is 0.0995. The highest BCUT2D eigenvalue weighted by atomic mass is 19.3. The van der Waals surface area contributed by atoms with Crippen molar-refractivity contribution in [2.24, 2.45) is 0 Å². The summed E-state index contributed by atoms with van der Waals surface area (Å²) in [6.07, 6.45) is 0.654. The number of amides is 1. The first-order chi connectivity index (χ1) is 8.48. The van der Waals surface area contributed by atoms with Gasteiger partial charge in [0.1, 0.15) is 0 Å². The lowest BCUT2D eigenvalue weighted by atomic mass is 10.0. The van der Waals surface area contributed by atoms with Crippen molar-refractivity contribution in [3.8, 4) is 0 Å². The summed E-state index contributed by atoms with van der Waals surface area (Å²) in [5.74, 6) is -4.54. The summed E-state index contributed by atoms with van der Waals surface area (Å²) in [5, 5.41) is 5.64. The molecule has 1 amide bonds. The molecule has 0 unspecified atom stereocenters. The topological polar surface area (TPSA) is 41.1 Å². The fourth-order valence-electron chi connectivity index (χ4n) is 2.16. The minimum atomic E-state index is -3.33. The third-order valence-corrected chi connectivity index (χ3v) is 3.10. The Labute approximate surface area is 105 Å². The van der Waals surface area contributed by atoms with Crippen molar-refractivity contribution in [3.63, 3.8) is 0 Å². The van der Waals surface area contributed by atoms with E-state index in [1.165, 1.54) is 0 Å². The van der Waals surface area contributed by atoms with E-state index in [0.29, 0.717) is 19.9 Å². The predicted molar refractivity (Wildman–Crippen MR) is 64.4 cm³/mol. The van der Waals surface area contributed by atoms with Crippen molar-refractivity contribution in [1.29, 1.82) is 0 Å². The van der Waals surface area contributed by atoms with Crippen molar-refractivity contribution < 1.29 is 13.6 Å². The summed E-state index contributed by atoms with van der Waals surface area (Å²) < 4.78 is 25.7. The first kappa shape index (κ1) is 13.0. The zero-order chi connectivity index (χ0) is 13.2. The highest BCUT2D eigenvalue weighted by Gasteiger charge is 2.37. The van der Waals surface area contributed by atoms with E-state index < -0.39 is 11.8 Å². The molecule has 0 saturated carbocycles. The first-order valence-electron chi connectivity index (χ1n) is 5.95. The molecule has 2 N–H and O–H groups in total. The van der Waals surface area contributed by atoms with E-state index in [4.69, 9.17) is 0 Å². The maximum absolute atomic E-state index is 12.9. The molecule has 1 saturated heterocycles. The molecule has 0 aliphatic carbocycles. The van der Waals surface area contributed by atoms with Crippen LogP contribution in [-0.2, 0) is 4.79 Å². The maximum atomic E-state index is 12.9. The van der Waals surface area contributed by atoms with E-state index in [2.05, 4.69) is 10.6 Å². The minimum Gasteiger partial charge on any atom is -0.346 e. The molecule has 5 heteroatoms. The van der Waals surface area contributed by atoms with Gasteiger partial charge in [-0.2, -0.15) is 8.78 Å². The molecule has 1 aliphatic rings. The predicted octanol–water partition coefficient (Wildman–Crippen LogP) is 1.86. The van der Waals surface area contributed by atoms with Crippen molar-refractivity contribution >= 4 is 5.91 Å².